The van der Waals surface area contributed by atoms with Crippen molar-refractivity contribution in [2.75, 3.05) is 14.1 Å². The van der Waals surface area contributed by atoms with E-state index < -0.39 is 5.54 Å². The first-order valence-corrected chi connectivity index (χ1v) is 4.82. The molecule has 5 nitrogen and oxygen atoms in total. The van der Waals surface area contributed by atoms with Crippen LogP contribution in [-0.2, 0) is 0 Å². The van der Waals surface area contributed by atoms with E-state index in [1.165, 1.54) is 4.90 Å². The number of rotatable bonds is 2. The molecular weight excluding hydrogens is 180 g/mol. The molecule has 0 aromatic carbocycles. The van der Waals surface area contributed by atoms with Gasteiger partial charge in [0.1, 0.15) is 5.84 Å². The third-order valence-corrected chi connectivity index (χ3v) is 2.73. The molecule has 0 bridgehead atoms. The Balaban J connectivity index is 2.70. The average molecular weight is 198 g/mol. The third-order valence-electron chi connectivity index (χ3n) is 2.73. The Kier molecular flexibility index (Phi) is 2.98. The lowest BCUT2D eigenvalue weighted by Gasteiger charge is -2.30. The Labute approximate surface area is 84.1 Å². The van der Waals surface area contributed by atoms with Crippen molar-refractivity contribution >= 4 is 11.9 Å². The van der Waals surface area contributed by atoms with Gasteiger partial charge in [0.15, 0.2) is 0 Å². The average Bonchev–Trinajstić information content (AvgIpc) is 2.53. The number of hydrogen-bond donors (Lipinski definition) is 3. The number of nitrogens with one attached hydrogen (secondary N) is 2. The molecule has 4 N–H and O–H groups in total. The zero-order valence-electron chi connectivity index (χ0n) is 8.76. The van der Waals surface area contributed by atoms with E-state index in [4.69, 9.17) is 11.1 Å². The molecular formula is C9H18N4O. The molecule has 5 heteroatoms. The van der Waals surface area contributed by atoms with Crippen LogP contribution in [0.4, 0.5) is 4.79 Å². The number of amides is 2. The highest BCUT2D eigenvalue weighted by molar-refractivity contribution is 5.92. The summed E-state index contributed by atoms with van der Waals surface area (Å²) >= 11 is 0. The maximum Gasteiger partial charge on any atom is 0.317 e. The first-order chi connectivity index (χ1) is 6.48. The number of amidine groups is 1. The lowest BCUT2D eigenvalue weighted by atomic mass is 9.96. The summed E-state index contributed by atoms with van der Waals surface area (Å²) in [6.07, 6.45) is 3.60. The molecule has 0 saturated heterocycles. The Morgan fingerprint density at radius 2 is 1.93 bits per heavy atom. The molecule has 0 aromatic rings. The van der Waals surface area contributed by atoms with Crippen LogP contribution in [0.3, 0.4) is 0 Å². The van der Waals surface area contributed by atoms with E-state index >= 15 is 0 Å². The van der Waals surface area contributed by atoms with Gasteiger partial charge in [-0.2, -0.15) is 0 Å². The van der Waals surface area contributed by atoms with Crippen LogP contribution in [-0.4, -0.2) is 36.4 Å². The van der Waals surface area contributed by atoms with Crippen molar-refractivity contribution in [2.45, 2.75) is 31.2 Å². The number of hydrogen-bond acceptors (Lipinski definition) is 2. The van der Waals surface area contributed by atoms with Gasteiger partial charge in [0.2, 0.25) is 0 Å². The van der Waals surface area contributed by atoms with Gasteiger partial charge in [-0.25, -0.2) is 4.79 Å². The summed E-state index contributed by atoms with van der Waals surface area (Å²) in [5.41, 5.74) is 4.95. The predicted molar refractivity (Wildman–Crippen MR) is 55.3 cm³/mol. The summed E-state index contributed by atoms with van der Waals surface area (Å²) in [6.45, 7) is 0. The molecule has 0 aromatic heterocycles. The highest BCUT2D eigenvalue weighted by atomic mass is 16.2. The van der Waals surface area contributed by atoms with Gasteiger partial charge < -0.3 is 16.0 Å². The van der Waals surface area contributed by atoms with Crippen LogP contribution in [0.2, 0.25) is 0 Å². The van der Waals surface area contributed by atoms with Crippen molar-refractivity contribution in [1.82, 2.24) is 10.2 Å². The van der Waals surface area contributed by atoms with Gasteiger partial charge in [0.25, 0.3) is 0 Å². The minimum Gasteiger partial charge on any atom is -0.386 e. The predicted octanol–water partition coefficient (Wildman–Crippen LogP) is 0.506. The Morgan fingerprint density at radius 3 is 2.29 bits per heavy atom. The van der Waals surface area contributed by atoms with Crippen LogP contribution in [0.25, 0.3) is 0 Å². The van der Waals surface area contributed by atoms with E-state index in [0.29, 0.717) is 0 Å². The molecule has 2 amide bonds. The van der Waals surface area contributed by atoms with Crippen molar-refractivity contribution < 1.29 is 4.79 Å². The van der Waals surface area contributed by atoms with Crippen LogP contribution < -0.4 is 11.1 Å². The van der Waals surface area contributed by atoms with Gasteiger partial charge in [0, 0.05) is 14.1 Å². The van der Waals surface area contributed by atoms with Gasteiger partial charge in [-0.15, -0.1) is 0 Å². The van der Waals surface area contributed by atoms with Crippen molar-refractivity contribution in [1.29, 1.82) is 5.41 Å². The lowest BCUT2D eigenvalue weighted by Crippen LogP contribution is -2.57. The second-order valence-corrected chi connectivity index (χ2v) is 4.03. The van der Waals surface area contributed by atoms with E-state index in [2.05, 4.69) is 5.32 Å². The summed E-state index contributed by atoms with van der Waals surface area (Å²) in [6, 6.07) is -0.179. The van der Waals surface area contributed by atoms with E-state index in [1.54, 1.807) is 14.1 Å². The molecule has 80 valence electrons. The lowest BCUT2D eigenvalue weighted by molar-refractivity contribution is 0.209. The van der Waals surface area contributed by atoms with Gasteiger partial charge in [0.05, 0.1) is 5.54 Å². The fourth-order valence-electron chi connectivity index (χ4n) is 1.76. The summed E-state index contributed by atoms with van der Waals surface area (Å²) < 4.78 is 0. The zero-order chi connectivity index (χ0) is 10.8. The van der Waals surface area contributed by atoms with Crippen molar-refractivity contribution in [3.05, 3.63) is 0 Å². The largest absolute Gasteiger partial charge is 0.386 e. The normalized spacial score (nSPS) is 19.0. The van der Waals surface area contributed by atoms with Crippen LogP contribution in [0.5, 0.6) is 0 Å². The summed E-state index contributed by atoms with van der Waals surface area (Å²) in [5.74, 6) is 0.0743. The smallest absolute Gasteiger partial charge is 0.317 e. The van der Waals surface area contributed by atoms with Crippen LogP contribution >= 0.6 is 0 Å². The molecule has 14 heavy (non-hydrogen) atoms. The zero-order valence-corrected chi connectivity index (χ0v) is 8.76. The second kappa shape index (κ2) is 3.86. The van der Waals surface area contributed by atoms with Crippen LogP contribution in [0.15, 0.2) is 0 Å². The number of carbonyl (C=O) groups is 1. The Hall–Kier alpha value is -1.26. The maximum absolute atomic E-state index is 11.5. The molecule has 0 heterocycles. The minimum absolute atomic E-state index is 0.0743. The third kappa shape index (κ3) is 1.97. The SMILES string of the molecule is CN(C)C(=O)NC1(C(=N)N)CCCC1. The summed E-state index contributed by atoms with van der Waals surface area (Å²) in [4.78, 5) is 12.9. The molecule has 0 unspecified atom stereocenters. The van der Waals surface area contributed by atoms with Crippen molar-refractivity contribution in [3.63, 3.8) is 0 Å². The fourth-order valence-corrected chi connectivity index (χ4v) is 1.76. The first-order valence-electron chi connectivity index (χ1n) is 4.82. The van der Waals surface area contributed by atoms with E-state index in [-0.39, 0.29) is 11.9 Å². The monoisotopic (exact) mass is 198 g/mol. The van der Waals surface area contributed by atoms with Crippen LogP contribution in [0, 0.1) is 5.41 Å². The molecule has 1 rings (SSSR count). The van der Waals surface area contributed by atoms with Gasteiger partial charge in [-0.05, 0) is 12.8 Å². The molecule has 0 radical (unpaired) electrons. The van der Waals surface area contributed by atoms with E-state index in [1.807, 2.05) is 0 Å². The van der Waals surface area contributed by atoms with E-state index in [9.17, 15) is 4.79 Å². The van der Waals surface area contributed by atoms with E-state index in [0.717, 1.165) is 25.7 Å². The van der Waals surface area contributed by atoms with Crippen molar-refractivity contribution in [2.24, 2.45) is 5.73 Å². The molecule has 0 spiro atoms. The number of urea groups is 1. The van der Waals surface area contributed by atoms with Crippen molar-refractivity contribution in [3.8, 4) is 0 Å². The molecule has 1 fully saturated rings. The summed E-state index contributed by atoms with van der Waals surface area (Å²) in [5, 5.41) is 10.3. The first kappa shape index (κ1) is 10.8. The van der Waals surface area contributed by atoms with Gasteiger partial charge in [-0.3, -0.25) is 5.41 Å². The fraction of sp³-hybridized carbons (Fsp3) is 0.778. The standard InChI is InChI=1S/C9H18N4O/c1-13(2)8(14)12-9(7(10)11)5-3-4-6-9/h3-6H2,1-2H3,(H3,10,11)(H,12,14). The van der Waals surface area contributed by atoms with Gasteiger partial charge >= 0.3 is 6.03 Å². The molecule has 0 atom stereocenters. The molecule has 1 aliphatic rings. The highest BCUT2D eigenvalue weighted by Crippen LogP contribution is 2.29. The quantitative estimate of drug-likeness (QED) is 0.446. The van der Waals surface area contributed by atoms with Crippen LogP contribution in [0.1, 0.15) is 25.7 Å². The maximum atomic E-state index is 11.5. The van der Waals surface area contributed by atoms with Gasteiger partial charge in [-0.1, -0.05) is 12.8 Å². The highest BCUT2D eigenvalue weighted by Gasteiger charge is 2.38. The number of nitrogens with zero attached hydrogens (tertiary/aromatic N) is 1. The number of nitrogens with two attached hydrogens (primary N) is 1. The Morgan fingerprint density at radius 1 is 1.43 bits per heavy atom. The summed E-state index contributed by atoms with van der Waals surface area (Å²) in [7, 11) is 3.36. The number of carbonyl (C=O) groups excluding carboxylic acids is 1. The topological polar surface area (TPSA) is 82.2 Å². The molecule has 1 saturated carbocycles. The Bertz CT molecular complexity index is 243. The molecule has 0 aliphatic heterocycles. The second-order valence-electron chi connectivity index (χ2n) is 4.03. The molecule has 1 aliphatic carbocycles. The minimum atomic E-state index is -0.582.